The van der Waals surface area contributed by atoms with Crippen molar-refractivity contribution in [3.05, 3.63) is 106 Å². The quantitative estimate of drug-likeness (QED) is 0.307. The fourth-order valence-corrected chi connectivity index (χ4v) is 4.49. The van der Waals surface area contributed by atoms with Crippen molar-refractivity contribution in [3.63, 3.8) is 0 Å². The first-order valence-corrected chi connectivity index (χ1v) is 12.4. The number of benzene rings is 3. The largest absolute Gasteiger partial charge is 0.329 e. The van der Waals surface area contributed by atoms with E-state index in [4.69, 9.17) is 4.98 Å². The lowest BCUT2D eigenvalue weighted by Crippen LogP contribution is -2.38. The lowest BCUT2D eigenvalue weighted by molar-refractivity contribution is 0.0678. The molecule has 0 N–H and O–H groups in total. The number of amides is 1. The minimum absolute atomic E-state index is 0.0521. The minimum atomic E-state index is -0.405. The van der Waals surface area contributed by atoms with E-state index >= 15 is 0 Å². The van der Waals surface area contributed by atoms with Gasteiger partial charge in [0.05, 0.1) is 22.6 Å². The molecule has 0 aliphatic carbocycles. The van der Waals surface area contributed by atoms with Crippen molar-refractivity contribution >= 4 is 16.8 Å². The second kappa shape index (κ2) is 10.7. The van der Waals surface area contributed by atoms with E-state index in [0.29, 0.717) is 28.8 Å². The van der Waals surface area contributed by atoms with Crippen molar-refractivity contribution in [1.82, 2.24) is 14.5 Å². The van der Waals surface area contributed by atoms with E-state index in [1.807, 2.05) is 91.5 Å². The molecular weight excluding hydrogens is 434 g/mol. The number of fused-ring (bicyclic) bond motifs is 1. The fraction of sp³-hybridized carbons (Fsp3) is 0.300. The van der Waals surface area contributed by atoms with E-state index in [9.17, 15) is 9.59 Å². The average Bonchev–Trinajstić information content (AvgIpc) is 2.89. The Hall–Kier alpha value is -3.73. The Labute approximate surface area is 207 Å². The summed E-state index contributed by atoms with van der Waals surface area (Å²) >= 11 is 0. The van der Waals surface area contributed by atoms with Gasteiger partial charge in [0.25, 0.3) is 11.5 Å². The Balaban J connectivity index is 1.92. The number of unbranched alkanes of at least 4 members (excludes halogenated alkanes) is 1. The predicted octanol–water partition coefficient (Wildman–Crippen LogP) is 6.26. The van der Waals surface area contributed by atoms with Crippen LogP contribution in [0.25, 0.3) is 16.6 Å². The predicted molar refractivity (Wildman–Crippen MR) is 142 cm³/mol. The molecule has 1 aromatic heterocycles. The SMILES string of the molecule is CCCCN(C(=O)c1ccc(C)cc1)C(C)c1nc2ccccc2c(=O)n1-c1ccccc1CC. The lowest BCUT2D eigenvalue weighted by atomic mass is 10.1. The van der Waals surface area contributed by atoms with Crippen molar-refractivity contribution in [2.45, 2.75) is 53.0 Å². The van der Waals surface area contributed by atoms with Crippen molar-refractivity contribution in [2.75, 3.05) is 6.54 Å². The molecule has 5 nitrogen and oxygen atoms in total. The molecule has 3 aromatic carbocycles. The molecule has 4 aromatic rings. The van der Waals surface area contributed by atoms with Crippen LogP contribution in [0.15, 0.2) is 77.6 Å². The van der Waals surface area contributed by atoms with Crippen molar-refractivity contribution in [3.8, 4) is 5.69 Å². The zero-order chi connectivity index (χ0) is 24.9. The number of carbonyl (C=O) groups is 1. The molecule has 0 radical (unpaired) electrons. The first kappa shape index (κ1) is 24.4. The monoisotopic (exact) mass is 467 g/mol. The molecule has 0 aliphatic heterocycles. The molecule has 35 heavy (non-hydrogen) atoms. The summed E-state index contributed by atoms with van der Waals surface area (Å²) in [6, 6.07) is 22.6. The Kier molecular flexibility index (Phi) is 7.45. The molecule has 0 saturated heterocycles. The number of rotatable bonds is 8. The van der Waals surface area contributed by atoms with Crippen LogP contribution in [0.5, 0.6) is 0 Å². The Bertz CT molecular complexity index is 1390. The van der Waals surface area contributed by atoms with E-state index in [1.54, 1.807) is 4.57 Å². The summed E-state index contributed by atoms with van der Waals surface area (Å²) in [7, 11) is 0. The van der Waals surface area contributed by atoms with Crippen LogP contribution in [0.3, 0.4) is 0 Å². The van der Waals surface area contributed by atoms with Gasteiger partial charge in [-0.2, -0.15) is 0 Å². The van der Waals surface area contributed by atoms with Gasteiger partial charge in [0.15, 0.2) is 0 Å². The van der Waals surface area contributed by atoms with E-state index in [-0.39, 0.29) is 11.5 Å². The van der Waals surface area contributed by atoms with E-state index in [0.717, 1.165) is 36.1 Å². The smallest absolute Gasteiger partial charge is 0.266 e. The van der Waals surface area contributed by atoms with Crippen LogP contribution >= 0.6 is 0 Å². The molecule has 5 heteroatoms. The molecular formula is C30H33N3O2. The Morgan fingerprint density at radius 1 is 0.971 bits per heavy atom. The van der Waals surface area contributed by atoms with Crippen LogP contribution in [0.1, 0.15) is 67.0 Å². The average molecular weight is 468 g/mol. The maximum Gasteiger partial charge on any atom is 0.266 e. The molecule has 0 aliphatic rings. The van der Waals surface area contributed by atoms with Crippen LogP contribution in [0, 0.1) is 6.92 Å². The third-order valence-corrected chi connectivity index (χ3v) is 6.57. The van der Waals surface area contributed by atoms with Gasteiger partial charge >= 0.3 is 0 Å². The van der Waals surface area contributed by atoms with Crippen molar-refractivity contribution < 1.29 is 4.79 Å². The van der Waals surface area contributed by atoms with Crippen LogP contribution in [-0.4, -0.2) is 26.9 Å². The summed E-state index contributed by atoms with van der Waals surface area (Å²) in [5, 5.41) is 0.569. The van der Waals surface area contributed by atoms with Gasteiger partial charge in [-0.3, -0.25) is 14.2 Å². The van der Waals surface area contributed by atoms with Gasteiger partial charge < -0.3 is 4.90 Å². The Morgan fingerprint density at radius 2 is 1.66 bits per heavy atom. The normalized spacial score (nSPS) is 12.0. The number of nitrogens with zero attached hydrogens (tertiary/aromatic N) is 3. The zero-order valence-corrected chi connectivity index (χ0v) is 21.0. The third-order valence-electron chi connectivity index (χ3n) is 6.57. The number of carbonyl (C=O) groups excluding carboxylic acids is 1. The van der Waals surface area contributed by atoms with Gasteiger partial charge in [-0.15, -0.1) is 0 Å². The summed E-state index contributed by atoms with van der Waals surface area (Å²) in [4.78, 5) is 34.4. The van der Waals surface area contributed by atoms with Gasteiger partial charge in [-0.25, -0.2) is 4.98 Å². The van der Waals surface area contributed by atoms with Gasteiger partial charge in [0.2, 0.25) is 0 Å². The van der Waals surface area contributed by atoms with Gasteiger partial charge in [-0.1, -0.05) is 68.3 Å². The van der Waals surface area contributed by atoms with E-state index < -0.39 is 6.04 Å². The Morgan fingerprint density at radius 3 is 2.37 bits per heavy atom. The second-order valence-electron chi connectivity index (χ2n) is 9.00. The fourth-order valence-electron chi connectivity index (χ4n) is 4.49. The highest BCUT2D eigenvalue weighted by atomic mass is 16.2. The molecule has 0 spiro atoms. The number of hydrogen-bond donors (Lipinski definition) is 0. The molecule has 0 fully saturated rings. The van der Waals surface area contributed by atoms with E-state index in [1.165, 1.54) is 0 Å². The molecule has 4 rings (SSSR count). The van der Waals surface area contributed by atoms with Gasteiger partial charge in [-0.05, 0) is 62.6 Å². The van der Waals surface area contributed by atoms with Gasteiger partial charge in [0, 0.05) is 12.1 Å². The second-order valence-corrected chi connectivity index (χ2v) is 9.00. The van der Waals surface area contributed by atoms with Crippen molar-refractivity contribution in [1.29, 1.82) is 0 Å². The van der Waals surface area contributed by atoms with Crippen LogP contribution in [0.2, 0.25) is 0 Å². The molecule has 180 valence electrons. The van der Waals surface area contributed by atoms with Crippen molar-refractivity contribution in [2.24, 2.45) is 0 Å². The molecule has 0 saturated carbocycles. The summed E-state index contributed by atoms with van der Waals surface area (Å²) in [6.45, 7) is 8.76. The summed E-state index contributed by atoms with van der Waals surface area (Å²) < 4.78 is 1.72. The number of para-hydroxylation sites is 2. The number of aryl methyl sites for hydroxylation is 2. The summed E-state index contributed by atoms with van der Waals surface area (Å²) in [6.07, 6.45) is 2.61. The molecule has 1 unspecified atom stereocenters. The summed E-state index contributed by atoms with van der Waals surface area (Å²) in [5.74, 6) is 0.523. The highest BCUT2D eigenvalue weighted by molar-refractivity contribution is 5.94. The summed E-state index contributed by atoms with van der Waals surface area (Å²) in [5.41, 5.74) is 4.15. The number of aromatic nitrogens is 2. The zero-order valence-electron chi connectivity index (χ0n) is 21.0. The highest BCUT2D eigenvalue weighted by Crippen LogP contribution is 2.26. The molecule has 1 amide bonds. The maximum atomic E-state index is 13.9. The van der Waals surface area contributed by atoms with Gasteiger partial charge in [0.1, 0.15) is 5.82 Å². The standard InChI is InChI=1S/C30H33N3O2/c1-5-7-20-32(29(34)24-18-16-21(3)17-19-24)22(4)28-31-26-14-10-9-13-25(26)30(35)33(28)27-15-11-8-12-23(27)6-2/h8-19,22H,5-7,20H2,1-4H3. The maximum absolute atomic E-state index is 13.9. The van der Waals surface area contributed by atoms with Crippen LogP contribution < -0.4 is 5.56 Å². The molecule has 1 atom stereocenters. The lowest BCUT2D eigenvalue weighted by Gasteiger charge is -2.31. The minimum Gasteiger partial charge on any atom is -0.329 e. The first-order valence-electron chi connectivity index (χ1n) is 12.4. The first-order chi connectivity index (χ1) is 17.0. The van der Waals surface area contributed by atoms with Crippen LogP contribution in [0.4, 0.5) is 0 Å². The molecule has 1 heterocycles. The highest BCUT2D eigenvalue weighted by Gasteiger charge is 2.27. The third kappa shape index (κ3) is 4.90. The molecule has 0 bridgehead atoms. The topological polar surface area (TPSA) is 55.2 Å². The number of hydrogen-bond acceptors (Lipinski definition) is 3. The van der Waals surface area contributed by atoms with Crippen LogP contribution in [-0.2, 0) is 6.42 Å². The van der Waals surface area contributed by atoms with E-state index in [2.05, 4.69) is 13.8 Å².